The highest BCUT2D eigenvalue weighted by atomic mass is 16.5. The minimum Gasteiger partial charge on any atom is -0.481 e. The van der Waals surface area contributed by atoms with E-state index in [1.807, 2.05) is 0 Å². The standard InChI is InChI=1S/C11H18O4/c12-10(13)9-7-5-3-1-2-4-6-8-15-11(9)14/h9H,1-8H2,(H,12,13). The number of carbonyl (C=O) groups excluding carboxylic acids is 1. The number of hydrogen-bond acceptors (Lipinski definition) is 3. The Balaban J connectivity index is 2.50. The van der Waals surface area contributed by atoms with Crippen molar-refractivity contribution in [2.45, 2.75) is 44.9 Å². The summed E-state index contributed by atoms with van der Waals surface area (Å²) in [7, 11) is 0. The molecule has 0 aromatic rings. The molecule has 4 heteroatoms. The van der Waals surface area contributed by atoms with E-state index in [1.54, 1.807) is 0 Å². The van der Waals surface area contributed by atoms with Gasteiger partial charge in [-0.3, -0.25) is 9.59 Å². The first-order valence-electron chi connectivity index (χ1n) is 5.61. The zero-order valence-corrected chi connectivity index (χ0v) is 8.91. The van der Waals surface area contributed by atoms with Crippen LogP contribution in [-0.2, 0) is 14.3 Å². The lowest BCUT2D eigenvalue weighted by Crippen LogP contribution is -2.26. The third-order valence-corrected chi connectivity index (χ3v) is 2.71. The molecular weight excluding hydrogens is 196 g/mol. The maximum Gasteiger partial charge on any atom is 0.320 e. The van der Waals surface area contributed by atoms with Crippen molar-refractivity contribution in [3.05, 3.63) is 0 Å². The van der Waals surface area contributed by atoms with Crippen molar-refractivity contribution in [2.24, 2.45) is 5.92 Å². The van der Waals surface area contributed by atoms with Gasteiger partial charge in [-0.1, -0.05) is 32.1 Å². The van der Waals surface area contributed by atoms with E-state index in [9.17, 15) is 9.59 Å². The van der Waals surface area contributed by atoms with Gasteiger partial charge in [0.05, 0.1) is 6.61 Å². The fourth-order valence-electron chi connectivity index (χ4n) is 1.77. The second kappa shape index (κ2) is 6.43. The quantitative estimate of drug-likeness (QED) is 0.535. The van der Waals surface area contributed by atoms with Crippen LogP contribution in [0.25, 0.3) is 0 Å². The zero-order chi connectivity index (χ0) is 11.1. The molecule has 0 aliphatic carbocycles. The monoisotopic (exact) mass is 214 g/mol. The van der Waals surface area contributed by atoms with Gasteiger partial charge in [0, 0.05) is 0 Å². The Hall–Kier alpha value is -1.06. The molecule has 1 atom stereocenters. The van der Waals surface area contributed by atoms with Crippen LogP contribution in [0.3, 0.4) is 0 Å². The van der Waals surface area contributed by atoms with Gasteiger partial charge in [-0.25, -0.2) is 0 Å². The van der Waals surface area contributed by atoms with E-state index in [-0.39, 0.29) is 0 Å². The molecule has 1 saturated heterocycles. The molecule has 0 aromatic heterocycles. The van der Waals surface area contributed by atoms with Gasteiger partial charge in [0.25, 0.3) is 0 Å². The summed E-state index contributed by atoms with van der Waals surface area (Å²) >= 11 is 0. The van der Waals surface area contributed by atoms with E-state index in [0.717, 1.165) is 38.5 Å². The normalized spacial score (nSPS) is 25.1. The lowest BCUT2D eigenvalue weighted by Gasteiger charge is -2.10. The molecule has 86 valence electrons. The van der Waals surface area contributed by atoms with Crippen molar-refractivity contribution in [3.8, 4) is 0 Å². The smallest absolute Gasteiger partial charge is 0.320 e. The van der Waals surface area contributed by atoms with Crippen molar-refractivity contribution in [3.63, 3.8) is 0 Å². The lowest BCUT2D eigenvalue weighted by atomic mass is 10.0. The Morgan fingerprint density at radius 3 is 2.40 bits per heavy atom. The number of cyclic esters (lactones) is 1. The highest BCUT2D eigenvalue weighted by molar-refractivity contribution is 5.93. The van der Waals surface area contributed by atoms with Crippen LogP contribution in [0.15, 0.2) is 0 Å². The van der Waals surface area contributed by atoms with E-state index in [4.69, 9.17) is 9.84 Å². The summed E-state index contributed by atoms with van der Waals surface area (Å²) in [6.45, 7) is 0.364. The average Bonchev–Trinajstić information content (AvgIpc) is 2.23. The van der Waals surface area contributed by atoms with Crippen molar-refractivity contribution in [1.29, 1.82) is 0 Å². The molecule has 0 saturated carbocycles. The van der Waals surface area contributed by atoms with Gasteiger partial charge in [0.15, 0.2) is 5.92 Å². The van der Waals surface area contributed by atoms with Gasteiger partial charge in [-0.05, 0) is 12.8 Å². The minimum atomic E-state index is -1.06. The maximum atomic E-state index is 11.4. The van der Waals surface area contributed by atoms with Crippen molar-refractivity contribution >= 4 is 11.9 Å². The number of carboxylic acid groups (broad SMARTS) is 1. The van der Waals surface area contributed by atoms with E-state index in [1.165, 1.54) is 0 Å². The van der Waals surface area contributed by atoms with E-state index < -0.39 is 17.9 Å². The van der Waals surface area contributed by atoms with Crippen LogP contribution in [0, 0.1) is 5.92 Å². The van der Waals surface area contributed by atoms with Crippen LogP contribution in [-0.4, -0.2) is 23.7 Å². The predicted molar refractivity (Wildman–Crippen MR) is 54.4 cm³/mol. The second-order valence-corrected chi connectivity index (χ2v) is 3.97. The fraction of sp³-hybridized carbons (Fsp3) is 0.818. The second-order valence-electron chi connectivity index (χ2n) is 3.97. The molecule has 1 rings (SSSR count). The van der Waals surface area contributed by atoms with Crippen LogP contribution in [0.1, 0.15) is 44.9 Å². The lowest BCUT2D eigenvalue weighted by molar-refractivity contribution is -0.159. The molecule has 0 bridgehead atoms. The molecular formula is C11H18O4. The average molecular weight is 214 g/mol. The molecule has 1 heterocycles. The summed E-state index contributed by atoms with van der Waals surface area (Å²) in [4.78, 5) is 22.2. The van der Waals surface area contributed by atoms with Gasteiger partial charge >= 0.3 is 11.9 Å². The first-order valence-corrected chi connectivity index (χ1v) is 5.61. The molecule has 1 N–H and O–H groups in total. The van der Waals surface area contributed by atoms with Gasteiger partial charge in [0.1, 0.15) is 0 Å². The van der Waals surface area contributed by atoms with Crippen LogP contribution in [0.5, 0.6) is 0 Å². The summed E-state index contributed by atoms with van der Waals surface area (Å²) in [5, 5.41) is 8.86. The molecule has 4 nitrogen and oxygen atoms in total. The third kappa shape index (κ3) is 4.32. The van der Waals surface area contributed by atoms with E-state index in [2.05, 4.69) is 0 Å². The summed E-state index contributed by atoms with van der Waals surface area (Å²) in [5.41, 5.74) is 0. The first kappa shape index (κ1) is 12.0. The summed E-state index contributed by atoms with van der Waals surface area (Å²) < 4.78 is 4.93. The van der Waals surface area contributed by atoms with Crippen LogP contribution >= 0.6 is 0 Å². The molecule has 1 fully saturated rings. The van der Waals surface area contributed by atoms with Crippen LogP contribution in [0.2, 0.25) is 0 Å². The Labute approximate surface area is 89.6 Å². The van der Waals surface area contributed by atoms with Crippen molar-refractivity contribution in [1.82, 2.24) is 0 Å². The minimum absolute atomic E-state index is 0.364. The third-order valence-electron chi connectivity index (χ3n) is 2.71. The van der Waals surface area contributed by atoms with Crippen LogP contribution in [0.4, 0.5) is 0 Å². The van der Waals surface area contributed by atoms with E-state index >= 15 is 0 Å². The number of hydrogen-bond donors (Lipinski definition) is 1. The van der Waals surface area contributed by atoms with Crippen molar-refractivity contribution in [2.75, 3.05) is 6.61 Å². The highest BCUT2D eigenvalue weighted by Crippen LogP contribution is 2.16. The van der Waals surface area contributed by atoms with Gasteiger partial charge in [-0.15, -0.1) is 0 Å². The SMILES string of the molecule is O=C(O)C1CCCCCCCCOC1=O. The predicted octanol–water partition coefficient (Wildman–Crippen LogP) is 1.97. The number of rotatable bonds is 1. The molecule has 0 spiro atoms. The summed E-state index contributed by atoms with van der Waals surface area (Å²) in [6.07, 6.45) is 6.40. The Kier molecular flexibility index (Phi) is 5.15. The molecule has 1 aliphatic rings. The maximum absolute atomic E-state index is 11.4. The number of carboxylic acids is 1. The number of ether oxygens (including phenoxy) is 1. The molecule has 0 amide bonds. The number of carbonyl (C=O) groups is 2. The summed E-state index contributed by atoms with van der Waals surface area (Å²) in [6, 6.07) is 0. The first-order chi connectivity index (χ1) is 7.22. The van der Waals surface area contributed by atoms with E-state index in [0.29, 0.717) is 13.0 Å². The fourth-order valence-corrected chi connectivity index (χ4v) is 1.77. The largest absolute Gasteiger partial charge is 0.481 e. The number of aliphatic carboxylic acids is 1. The molecule has 1 aliphatic heterocycles. The van der Waals surface area contributed by atoms with Gasteiger partial charge in [-0.2, -0.15) is 0 Å². The van der Waals surface area contributed by atoms with Crippen LogP contribution < -0.4 is 0 Å². The highest BCUT2D eigenvalue weighted by Gasteiger charge is 2.27. The van der Waals surface area contributed by atoms with Gasteiger partial charge < -0.3 is 9.84 Å². The van der Waals surface area contributed by atoms with Crippen molar-refractivity contribution < 1.29 is 19.4 Å². The Morgan fingerprint density at radius 1 is 1.13 bits per heavy atom. The molecule has 0 radical (unpaired) electrons. The Bertz CT molecular complexity index is 225. The zero-order valence-electron chi connectivity index (χ0n) is 8.91. The topological polar surface area (TPSA) is 63.6 Å². The molecule has 1 unspecified atom stereocenters. The number of esters is 1. The summed E-state index contributed by atoms with van der Waals surface area (Å²) in [5.74, 6) is -2.58. The van der Waals surface area contributed by atoms with Gasteiger partial charge in [0.2, 0.25) is 0 Å². The molecule has 0 aromatic carbocycles. The Morgan fingerprint density at radius 2 is 1.73 bits per heavy atom. The molecule has 15 heavy (non-hydrogen) atoms.